The Morgan fingerprint density at radius 1 is 0.644 bits per heavy atom. The van der Waals surface area contributed by atoms with Crippen molar-refractivity contribution in [1.29, 1.82) is 0 Å². The number of benzene rings is 4. The lowest BCUT2D eigenvalue weighted by molar-refractivity contribution is -0.139. The number of nitrogens with zero attached hydrogens (tertiary/aromatic N) is 1. The second-order valence-corrected chi connectivity index (χ2v) is 10.5. The summed E-state index contributed by atoms with van der Waals surface area (Å²) in [5.74, 6) is -0.235. The molecule has 0 saturated carbocycles. The van der Waals surface area contributed by atoms with Gasteiger partial charge >= 0.3 is 11.9 Å². The minimum Gasteiger partial charge on any atom is -0.490 e. The molecule has 0 N–H and O–H groups in total. The molecule has 0 aliphatic heterocycles. The molecule has 230 valence electrons. The van der Waals surface area contributed by atoms with Gasteiger partial charge in [-0.1, -0.05) is 78.9 Å². The Bertz CT molecular complexity index is 1560. The molecule has 0 aromatic heterocycles. The Balaban J connectivity index is 1.56. The third-order valence-corrected chi connectivity index (χ3v) is 7.07. The van der Waals surface area contributed by atoms with Crippen LogP contribution >= 0.6 is 0 Å². The summed E-state index contributed by atoms with van der Waals surface area (Å²) in [6.07, 6.45) is 5.81. The van der Waals surface area contributed by atoms with E-state index in [1.165, 1.54) is 17.2 Å². The Kier molecular flexibility index (Phi) is 11.9. The van der Waals surface area contributed by atoms with Crippen molar-refractivity contribution in [2.45, 2.75) is 26.7 Å². The summed E-state index contributed by atoms with van der Waals surface area (Å²) in [5, 5.41) is 0. The highest BCUT2D eigenvalue weighted by Gasteiger charge is 2.13. The largest absolute Gasteiger partial charge is 0.490 e. The van der Waals surface area contributed by atoms with E-state index in [4.69, 9.17) is 14.2 Å². The van der Waals surface area contributed by atoms with Gasteiger partial charge in [0.05, 0.1) is 6.61 Å². The van der Waals surface area contributed by atoms with Crippen molar-refractivity contribution in [3.05, 3.63) is 145 Å². The van der Waals surface area contributed by atoms with E-state index in [-0.39, 0.29) is 13.2 Å². The van der Waals surface area contributed by atoms with Crippen molar-refractivity contribution in [3.63, 3.8) is 0 Å². The number of esters is 2. The van der Waals surface area contributed by atoms with Crippen LogP contribution in [-0.2, 0) is 19.1 Å². The molecular weight excluding hydrogens is 562 g/mol. The molecule has 4 rings (SSSR count). The van der Waals surface area contributed by atoms with Crippen molar-refractivity contribution in [2.75, 3.05) is 24.7 Å². The predicted octanol–water partition coefficient (Wildman–Crippen LogP) is 8.93. The fourth-order valence-electron chi connectivity index (χ4n) is 4.68. The summed E-state index contributed by atoms with van der Waals surface area (Å²) in [7, 11) is 0. The molecule has 4 aromatic rings. The number of rotatable bonds is 15. The molecule has 0 saturated heterocycles. The topological polar surface area (TPSA) is 65.1 Å². The normalized spacial score (nSPS) is 10.9. The molecule has 0 radical (unpaired) electrons. The summed E-state index contributed by atoms with van der Waals surface area (Å²) < 4.78 is 15.9. The fourth-order valence-corrected chi connectivity index (χ4v) is 4.68. The number of allylic oxidation sites excluding steroid dienone is 1. The van der Waals surface area contributed by atoms with Gasteiger partial charge in [0.2, 0.25) is 0 Å². The SMILES string of the molecule is C=CC(=O)OCCCC(=Cc1ccc(N(c2ccc(C)cc2)c2ccc(C)cc2)cc1)c1ccc(OCCOC(=O)C=C)cc1. The predicted molar refractivity (Wildman–Crippen MR) is 182 cm³/mol. The highest BCUT2D eigenvalue weighted by atomic mass is 16.6. The smallest absolute Gasteiger partial charge is 0.330 e. The molecule has 0 unspecified atom stereocenters. The van der Waals surface area contributed by atoms with E-state index in [1.807, 2.05) is 24.3 Å². The Morgan fingerprint density at radius 3 is 1.64 bits per heavy atom. The molecule has 45 heavy (non-hydrogen) atoms. The molecule has 0 heterocycles. The van der Waals surface area contributed by atoms with E-state index in [0.29, 0.717) is 25.2 Å². The molecule has 0 aliphatic rings. The lowest BCUT2D eigenvalue weighted by atomic mass is 9.98. The molecule has 0 fully saturated rings. The van der Waals surface area contributed by atoms with Crippen LogP contribution in [0.15, 0.2) is 122 Å². The summed E-state index contributed by atoms with van der Waals surface area (Å²) in [6.45, 7) is 11.7. The van der Waals surface area contributed by atoms with Gasteiger partial charge in [-0.25, -0.2) is 9.59 Å². The van der Waals surface area contributed by atoms with E-state index in [2.05, 4.69) is 111 Å². The standard InChI is InChI=1S/C39H39NO5/c1-5-38(41)44-25-7-8-33(32-15-23-37(24-16-32)43-26-27-45-39(42)6-2)28-31-13-21-36(22-14-31)40(34-17-9-29(3)10-18-34)35-19-11-30(4)12-20-35/h5-6,9-24,28H,1-2,7-8,25-27H2,3-4H3. The average molecular weight is 602 g/mol. The number of aryl methyl sites for hydroxylation is 2. The van der Waals surface area contributed by atoms with Gasteiger partial charge in [-0.15, -0.1) is 0 Å². The van der Waals surface area contributed by atoms with Crippen molar-refractivity contribution in [1.82, 2.24) is 0 Å². The lowest BCUT2D eigenvalue weighted by Crippen LogP contribution is -2.10. The number of hydrogen-bond acceptors (Lipinski definition) is 6. The molecule has 6 nitrogen and oxygen atoms in total. The first-order chi connectivity index (χ1) is 21.9. The van der Waals surface area contributed by atoms with Gasteiger partial charge in [0.15, 0.2) is 0 Å². The van der Waals surface area contributed by atoms with Crippen LogP contribution in [0.5, 0.6) is 5.75 Å². The van der Waals surface area contributed by atoms with Gasteiger partial charge in [0, 0.05) is 29.2 Å². The van der Waals surface area contributed by atoms with Crippen molar-refractivity contribution < 1.29 is 23.8 Å². The first-order valence-electron chi connectivity index (χ1n) is 14.9. The van der Waals surface area contributed by atoms with Crippen LogP contribution in [0.2, 0.25) is 0 Å². The first kappa shape index (κ1) is 32.6. The van der Waals surface area contributed by atoms with Crippen LogP contribution in [0.3, 0.4) is 0 Å². The number of anilines is 3. The second kappa shape index (κ2) is 16.5. The molecule has 0 atom stereocenters. The van der Waals surface area contributed by atoms with Crippen LogP contribution in [0, 0.1) is 13.8 Å². The van der Waals surface area contributed by atoms with Gasteiger partial charge in [0.1, 0.15) is 19.0 Å². The second-order valence-electron chi connectivity index (χ2n) is 10.5. The van der Waals surface area contributed by atoms with Crippen molar-refractivity contribution in [3.8, 4) is 5.75 Å². The zero-order valence-corrected chi connectivity index (χ0v) is 25.9. The van der Waals surface area contributed by atoms with Crippen molar-refractivity contribution in [2.24, 2.45) is 0 Å². The Labute approximate surface area is 265 Å². The zero-order chi connectivity index (χ0) is 32.0. The van der Waals surface area contributed by atoms with Gasteiger partial charge in [-0.3, -0.25) is 0 Å². The van der Waals surface area contributed by atoms with Gasteiger partial charge in [-0.05, 0) is 91.9 Å². The Morgan fingerprint density at radius 2 is 1.13 bits per heavy atom. The maximum absolute atomic E-state index is 11.5. The summed E-state index contributed by atoms with van der Waals surface area (Å²) in [5.41, 5.74) is 8.82. The fraction of sp³-hybridized carbons (Fsp3) is 0.179. The highest BCUT2D eigenvalue weighted by molar-refractivity contribution is 5.84. The van der Waals surface area contributed by atoms with Crippen LogP contribution < -0.4 is 9.64 Å². The molecule has 0 bridgehead atoms. The summed E-state index contributed by atoms with van der Waals surface area (Å²) >= 11 is 0. The lowest BCUT2D eigenvalue weighted by Gasteiger charge is -2.26. The number of hydrogen-bond donors (Lipinski definition) is 0. The van der Waals surface area contributed by atoms with Crippen molar-refractivity contribution >= 4 is 40.6 Å². The van der Waals surface area contributed by atoms with E-state index < -0.39 is 11.9 Å². The maximum Gasteiger partial charge on any atom is 0.330 e. The van der Waals surface area contributed by atoms with Gasteiger partial charge in [-0.2, -0.15) is 0 Å². The summed E-state index contributed by atoms with van der Waals surface area (Å²) in [4.78, 5) is 25.0. The highest BCUT2D eigenvalue weighted by Crippen LogP contribution is 2.35. The first-order valence-corrected chi connectivity index (χ1v) is 14.9. The molecule has 6 heteroatoms. The maximum atomic E-state index is 11.5. The number of carbonyl (C=O) groups is 2. The van der Waals surface area contributed by atoms with E-state index in [0.717, 1.165) is 39.8 Å². The van der Waals surface area contributed by atoms with E-state index >= 15 is 0 Å². The van der Waals surface area contributed by atoms with Gasteiger partial charge < -0.3 is 19.1 Å². The van der Waals surface area contributed by atoms with Crippen LogP contribution in [0.4, 0.5) is 17.1 Å². The van der Waals surface area contributed by atoms with E-state index in [1.54, 1.807) is 0 Å². The molecule has 0 aliphatic carbocycles. The minimum atomic E-state index is -0.478. The monoisotopic (exact) mass is 601 g/mol. The molecular formula is C39H39NO5. The molecule has 0 spiro atoms. The van der Waals surface area contributed by atoms with Crippen LogP contribution in [-0.4, -0.2) is 31.8 Å². The third-order valence-electron chi connectivity index (χ3n) is 7.07. The quantitative estimate of drug-likeness (QED) is 0.0587. The average Bonchev–Trinajstić information content (AvgIpc) is 3.07. The van der Waals surface area contributed by atoms with Crippen LogP contribution in [0.25, 0.3) is 11.6 Å². The van der Waals surface area contributed by atoms with Gasteiger partial charge in [0.25, 0.3) is 0 Å². The number of carbonyl (C=O) groups excluding carboxylic acids is 2. The Hall–Kier alpha value is -5.36. The zero-order valence-electron chi connectivity index (χ0n) is 25.9. The summed E-state index contributed by atoms with van der Waals surface area (Å²) in [6, 6.07) is 33.3. The van der Waals surface area contributed by atoms with E-state index in [9.17, 15) is 9.59 Å². The molecule has 0 amide bonds. The van der Waals surface area contributed by atoms with Crippen LogP contribution in [0.1, 0.15) is 35.1 Å². The number of ether oxygens (including phenoxy) is 3. The third kappa shape index (κ3) is 9.83. The minimum absolute atomic E-state index is 0.141. The molecule has 4 aromatic carbocycles.